The lowest BCUT2D eigenvalue weighted by molar-refractivity contribution is -0.151. The Morgan fingerprint density at radius 3 is 2.57 bits per heavy atom. The second-order valence-corrected chi connectivity index (χ2v) is 8.72. The number of halogens is 1. The summed E-state index contributed by atoms with van der Waals surface area (Å²) in [5.74, 6) is -0.802. The molecular weight excluding hydrogens is 474 g/mol. The van der Waals surface area contributed by atoms with Crippen molar-refractivity contribution < 1.29 is 14.3 Å². The highest BCUT2D eigenvalue weighted by Gasteiger charge is 2.30. The van der Waals surface area contributed by atoms with Gasteiger partial charge in [-0.15, -0.1) is 0 Å². The van der Waals surface area contributed by atoms with E-state index in [2.05, 4.69) is 9.97 Å². The fourth-order valence-corrected chi connectivity index (χ4v) is 4.38. The molecule has 1 saturated heterocycles. The lowest BCUT2D eigenvalue weighted by atomic mass is 9.98. The molecule has 1 fully saturated rings. The number of fused-ring (bicyclic) bond motifs is 1. The molecular formula is C24H26ClN5O5. The van der Waals surface area contributed by atoms with Gasteiger partial charge in [0.1, 0.15) is 11.9 Å². The number of amides is 1. The van der Waals surface area contributed by atoms with Crippen molar-refractivity contribution >= 4 is 34.5 Å². The van der Waals surface area contributed by atoms with Gasteiger partial charge in [0.2, 0.25) is 5.91 Å². The summed E-state index contributed by atoms with van der Waals surface area (Å²) < 4.78 is 7.35. The van der Waals surface area contributed by atoms with Gasteiger partial charge in [0.05, 0.1) is 12.5 Å². The van der Waals surface area contributed by atoms with E-state index in [1.165, 1.54) is 15.7 Å². The molecule has 184 valence electrons. The van der Waals surface area contributed by atoms with Crippen LogP contribution in [0.15, 0.2) is 40.1 Å². The number of hydrogen-bond donors (Lipinski definition) is 0. The summed E-state index contributed by atoms with van der Waals surface area (Å²) in [7, 11) is 0. The molecule has 0 saturated carbocycles. The Morgan fingerprint density at radius 1 is 1.14 bits per heavy atom. The minimum atomic E-state index is -0.635. The number of esters is 1. The van der Waals surface area contributed by atoms with Gasteiger partial charge in [-0.2, -0.15) is 0 Å². The van der Waals surface area contributed by atoms with Crippen molar-refractivity contribution in [3.05, 3.63) is 56.3 Å². The molecule has 2 aromatic heterocycles. The highest BCUT2D eigenvalue weighted by molar-refractivity contribution is 6.30. The van der Waals surface area contributed by atoms with Gasteiger partial charge < -0.3 is 9.64 Å². The average Bonchev–Trinajstić information content (AvgIpc) is 2.87. The standard InChI is InChI=1S/C24H26ClN5O5/c1-3-29-21-18(12-26-20(27-21)15-7-9-17(25)10-8-15)22(32)30(24(29)34)14-19(31)28-11-5-6-16(13-28)23(33)35-4-2/h7-10,12,16H,3-6,11,13-14H2,1-2H3. The maximum Gasteiger partial charge on any atom is 0.333 e. The van der Waals surface area contributed by atoms with Crippen LogP contribution >= 0.6 is 11.6 Å². The van der Waals surface area contributed by atoms with Gasteiger partial charge in [-0.1, -0.05) is 11.6 Å². The fourth-order valence-electron chi connectivity index (χ4n) is 4.25. The number of likely N-dealkylation sites (tertiary alicyclic amines) is 1. The smallest absolute Gasteiger partial charge is 0.333 e. The zero-order valence-electron chi connectivity index (χ0n) is 19.6. The average molecular weight is 500 g/mol. The molecule has 1 unspecified atom stereocenters. The van der Waals surface area contributed by atoms with Crippen molar-refractivity contribution in [2.24, 2.45) is 5.92 Å². The summed E-state index contributed by atoms with van der Waals surface area (Å²) in [4.78, 5) is 61.8. The van der Waals surface area contributed by atoms with Gasteiger partial charge in [0, 0.05) is 36.4 Å². The number of hydrogen-bond acceptors (Lipinski definition) is 7. The molecule has 0 radical (unpaired) electrons. The normalized spacial score (nSPS) is 15.9. The summed E-state index contributed by atoms with van der Waals surface area (Å²) in [5.41, 5.74) is -0.374. The number of piperidine rings is 1. The summed E-state index contributed by atoms with van der Waals surface area (Å²) >= 11 is 5.95. The van der Waals surface area contributed by atoms with Crippen LogP contribution in [0, 0.1) is 5.92 Å². The summed E-state index contributed by atoms with van der Waals surface area (Å²) in [5, 5.41) is 0.704. The maximum atomic E-state index is 13.2. The van der Waals surface area contributed by atoms with Crippen LogP contribution in [-0.4, -0.2) is 55.6 Å². The maximum absolute atomic E-state index is 13.2. The Labute approximate surface area is 206 Å². The van der Waals surface area contributed by atoms with Gasteiger partial charge in [-0.05, 0) is 51.0 Å². The minimum Gasteiger partial charge on any atom is -0.466 e. The molecule has 0 bridgehead atoms. The first-order chi connectivity index (χ1) is 16.8. The van der Waals surface area contributed by atoms with Crippen molar-refractivity contribution in [1.82, 2.24) is 24.0 Å². The Hall–Kier alpha value is -3.53. The van der Waals surface area contributed by atoms with Crippen LogP contribution in [0.1, 0.15) is 26.7 Å². The van der Waals surface area contributed by atoms with Crippen LogP contribution in [0.3, 0.4) is 0 Å². The van der Waals surface area contributed by atoms with Crippen LogP contribution in [0.5, 0.6) is 0 Å². The number of carbonyl (C=O) groups is 2. The number of carbonyl (C=O) groups excluding carboxylic acids is 2. The minimum absolute atomic E-state index is 0.139. The van der Waals surface area contributed by atoms with E-state index in [1.807, 2.05) is 0 Å². The van der Waals surface area contributed by atoms with Crippen molar-refractivity contribution in [2.75, 3.05) is 19.7 Å². The molecule has 35 heavy (non-hydrogen) atoms. The van der Waals surface area contributed by atoms with Crippen molar-refractivity contribution in [2.45, 2.75) is 39.8 Å². The predicted octanol–water partition coefficient (Wildman–Crippen LogP) is 2.10. The quantitative estimate of drug-likeness (QED) is 0.477. The molecule has 0 N–H and O–H groups in total. The Balaban J connectivity index is 1.67. The van der Waals surface area contributed by atoms with Gasteiger partial charge in [0.15, 0.2) is 11.5 Å². The SMILES string of the molecule is CCOC(=O)C1CCCN(C(=O)Cn2c(=O)c3cnc(-c4ccc(Cl)cc4)nc3n(CC)c2=O)C1. The molecule has 1 aliphatic heterocycles. The molecule has 3 heterocycles. The van der Waals surface area contributed by atoms with Crippen molar-refractivity contribution in [3.8, 4) is 11.4 Å². The van der Waals surface area contributed by atoms with Crippen LogP contribution in [0.4, 0.5) is 0 Å². The first-order valence-electron chi connectivity index (χ1n) is 11.5. The summed E-state index contributed by atoms with van der Waals surface area (Å²) in [6.45, 7) is 4.24. The largest absolute Gasteiger partial charge is 0.466 e. The molecule has 11 heteroatoms. The van der Waals surface area contributed by atoms with E-state index in [9.17, 15) is 19.2 Å². The number of benzene rings is 1. The summed E-state index contributed by atoms with van der Waals surface area (Å²) in [6, 6.07) is 6.90. The van der Waals surface area contributed by atoms with Gasteiger partial charge >= 0.3 is 11.7 Å². The van der Waals surface area contributed by atoms with Crippen LogP contribution in [0.2, 0.25) is 5.02 Å². The number of ether oxygens (including phenoxy) is 1. The lowest BCUT2D eigenvalue weighted by Crippen LogP contribution is -2.48. The first kappa shape index (κ1) is 24.6. The molecule has 1 aromatic carbocycles. The fraction of sp³-hybridized carbons (Fsp3) is 0.417. The van der Waals surface area contributed by atoms with Crippen LogP contribution in [0.25, 0.3) is 22.4 Å². The predicted molar refractivity (Wildman–Crippen MR) is 130 cm³/mol. The Morgan fingerprint density at radius 2 is 1.89 bits per heavy atom. The monoisotopic (exact) mass is 499 g/mol. The van der Waals surface area contributed by atoms with Crippen LogP contribution < -0.4 is 11.2 Å². The Bertz CT molecular complexity index is 1380. The number of rotatable bonds is 6. The zero-order chi connectivity index (χ0) is 25.1. The van der Waals surface area contributed by atoms with Crippen molar-refractivity contribution in [1.29, 1.82) is 0 Å². The highest BCUT2D eigenvalue weighted by atomic mass is 35.5. The Kier molecular flexibility index (Phi) is 7.30. The molecule has 0 spiro atoms. The van der Waals surface area contributed by atoms with E-state index >= 15 is 0 Å². The van der Waals surface area contributed by atoms with E-state index in [0.29, 0.717) is 35.8 Å². The molecule has 3 aromatic rings. The molecule has 0 aliphatic carbocycles. The molecule has 1 amide bonds. The molecule has 1 atom stereocenters. The highest BCUT2D eigenvalue weighted by Crippen LogP contribution is 2.20. The summed E-state index contributed by atoms with van der Waals surface area (Å²) in [6.07, 6.45) is 2.65. The third kappa shape index (κ3) is 4.97. The van der Waals surface area contributed by atoms with E-state index in [-0.39, 0.29) is 36.7 Å². The number of aromatic nitrogens is 4. The van der Waals surface area contributed by atoms with Crippen molar-refractivity contribution in [3.63, 3.8) is 0 Å². The molecule has 4 rings (SSSR count). The number of nitrogens with zero attached hydrogens (tertiary/aromatic N) is 5. The second-order valence-electron chi connectivity index (χ2n) is 8.29. The second kappa shape index (κ2) is 10.4. The van der Waals surface area contributed by atoms with Gasteiger partial charge in [0.25, 0.3) is 5.56 Å². The van der Waals surface area contributed by atoms with E-state index in [1.54, 1.807) is 38.1 Å². The lowest BCUT2D eigenvalue weighted by Gasteiger charge is -2.31. The third-order valence-corrected chi connectivity index (χ3v) is 6.32. The molecule has 10 nitrogen and oxygen atoms in total. The zero-order valence-corrected chi connectivity index (χ0v) is 20.3. The van der Waals surface area contributed by atoms with E-state index < -0.39 is 29.6 Å². The third-order valence-electron chi connectivity index (χ3n) is 6.07. The van der Waals surface area contributed by atoms with E-state index in [0.717, 1.165) is 4.57 Å². The van der Waals surface area contributed by atoms with E-state index in [4.69, 9.17) is 16.3 Å². The van der Waals surface area contributed by atoms with Crippen LogP contribution in [-0.2, 0) is 27.4 Å². The first-order valence-corrected chi connectivity index (χ1v) is 11.9. The number of aryl methyl sites for hydroxylation is 1. The topological polar surface area (TPSA) is 116 Å². The van der Waals surface area contributed by atoms with Gasteiger partial charge in [-0.25, -0.2) is 14.8 Å². The molecule has 1 aliphatic rings. The van der Waals surface area contributed by atoms with Gasteiger partial charge in [-0.3, -0.25) is 23.5 Å².